The average molecular weight is 453 g/mol. The first kappa shape index (κ1) is 23.7. The molecule has 0 saturated carbocycles. The van der Waals surface area contributed by atoms with Crippen LogP contribution in [0, 0.1) is 12.8 Å². The molecule has 0 aliphatic carbocycles. The number of nitrogens with one attached hydrogen (secondary N) is 3. The molecule has 0 radical (unpaired) electrons. The summed E-state index contributed by atoms with van der Waals surface area (Å²) in [6.45, 7) is 5.84. The summed E-state index contributed by atoms with van der Waals surface area (Å²) < 4.78 is 7.33. The molecule has 3 aromatic heterocycles. The fourth-order valence-electron chi connectivity index (χ4n) is 3.16. The van der Waals surface area contributed by atoms with Crippen LogP contribution in [-0.2, 0) is 18.4 Å². The summed E-state index contributed by atoms with van der Waals surface area (Å²) in [5, 5.41) is 12.2. The number of carbonyl (C=O) groups is 3. The summed E-state index contributed by atoms with van der Waals surface area (Å²) in [6, 6.07) is 7.76. The molecule has 0 unspecified atom stereocenters. The van der Waals surface area contributed by atoms with Crippen LogP contribution >= 0.6 is 0 Å². The largest absolute Gasteiger partial charge is 0.449 e. The van der Waals surface area contributed by atoms with Crippen LogP contribution in [0.1, 0.15) is 46.1 Å². The Morgan fingerprint density at radius 2 is 1.88 bits per heavy atom. The third-order valence-corrected chi connectivity index (χ3v) is 5.19. The fourth-order valence-corrected chi connectivity index (χ4v) is 3.16. The van der Waals surface area contributed by atoms with Gasteiger partial charge in [-0.2, -0.15) is 5.10 Å². The lowest BCUT2D eigenvalue weighted by molar-refractivity contribution is -0.123. The lowest BCUT2D eigenvalue weighted by atomic mass is 10.0. The predicted molar refractivity (Wildman–Crippen MR) is 121 cm³/mol. The van der Waals surface area contributed by atoms with E-state index in [1.807, 2.05) is 20.8 Å². The smallest absolute Gasteiger partial charge is 0.287 e. The second kappa shape index (κ2) is 10.1. The Labute approximate surface area is 191 Å². The van der Waals surface area contributed by atoms with Gasteiger partial charge in [0, 0.05) is 32.5 Å². The van der Waals surface area contributed by atoms with Crippen molar-refractivity contribution >= 4 is 17.7 Å². The molecule has 3 heterocycles. The van der Waals surface area contributed by atoms with Gasteiger partial charge >= 0.3 is 0 Å². The van der Waals surface area contributed by atoms with Gasteiger partial charge in [0.1, 0.15) is 17.4 Å². The zero-order valence-corrected chi connectivity index (χ0v) is 19.3. The van der Waals surface area contributed by atoms with Gasteiger partial charge in [0.2, 0.25) is 5.91 Å². The van der Waals surface area contributed by atoms with E-state index in [2.05, 4.69) is 26.0 Å². The van der Waals surface area contributed by atoms with Gasteiger partial charge in [0.05, 0.1) is 0 Å². The van der Waals surface area contributed by atoms with Crippen LogP contribution in [0.3, 0.4) is 0 Å². The Hall–Kier alpha value is -3.95. The van der Waals surface area contributed by atoms with Gasteiger partial charge in [-0.15, -0.1) is 0 Å². The Kier molecular flexibility index (Phi) is 7.27. The molecule has 0 aliphatic heterocycles. The van der Waals surface area contributed by atoms with Crippen molar-refractivity contribution in [2.45, 2.75) is 33.4 Å². The van der Waals surface area contributed by atoms with Crippen LogP contribution in [0.25, 0.3) is 11.5 Å². The van der Waals surface area contributed by atoms with Gasteiger partial charge in [-0.05, 0) is 48.7 Å². The molecule has 33 heavy (non-hydrogen) atoms. The van der Waals surface area contributed by atoms with E-state index in [4.69, 9.17) is 4.42 Å². The van der Waals surface area contributed by atoms with E-state index >= 15 is 0 Å². The van der Waals surface area contributed by atoms with Crippen molar-refractivity contribution in [3.63, 3.8) is 0 Å². The second-order valence-electron chi connectivity index (χ2n) is 8.00. The highest BCUT2D eigenvalue weighted by Crippen LogP contribution is 2.21. The van der Waals surface area contributed by atoms with Crippen LogP contribution in [0.15, 0.2) is 40.9 Å². The van der Waals surface area contributed by atoms with Crippen molar-refractivity contribution in [1.29, 1.82) is 0 Å². The van der Waals surface area contributed by atoms with E-state index in [9.17, 15) is 14.4 Å². The SMILES string of the molecule is CNC(=O)[C@@H](NC(=O)c1ccc(-c2cc(CNC(=O)c3cc(C)n(C)n3)ccn2)o1)C(C)C. The number of aryl methyl sites for hydroxylation is 2. The van der Waals surface area contributed by atoms with E-state index in [1.54, 1.807) is 42.2 Å². The summed E-state index contributed by atoms with van der Waals surface area (Å²) >= 11 is 0. The molecule has 0 bridgehead atoms. The van der Waals surface area contributed by atoms with Gasteiger partial charge in [0.25, 0.3) is 11.8 Å². The number of aromatic nitrogens is 3. The zero-order valence-electron chi connectivity index (χ0n) is 19.3. The molecule has 0 aliphatic rings. The topological polar surface area (TPSA) is 131 Å². The van der Waals surface area contributed by atoms with Crippen LogP contribution in [0.2, 0.25) is 0 Å². The summed E-state index contributed by atoms with van der Waals surface area (Å²) in [5.41, 5.74) is 2.56. The Bertz CT molecular complexity index is 1140. The molecular formula is C23H28N6O4. The number of hydrogen-bond acceptors (Lipinski definition) is 6. The summed E-state index contributed by atoms with van der Waals surface area (Å²) in [6.07, 6.45) is 1.60. The summed E-state index contributed by atoms with van der Waals surface area (Å²) in [5.74, 6) is -0.655. The van der Waals surface area contributed by atoms with E-state index in [-0.39, 0.29) is 30.0 Å². The van der Waals surface area contributed by atoms with Crippen molar-refractivity contribution in [3.05, 3.63) is 59.2 Å². The first-order chi connectivity index (χ1) is 15.7. The molecule has 10 heteroatoms. The first-order valence-corrected chi connectivity index (χ1v) is 10.6. The third-order valence-electron chi connectivity index (χ3n) is 5.19. The monoisotopic (exact) mass is 452 g/mol. The van der Waals surface area contributed by atoms with E-state index < -0.39 is 11.9 Å². The number of furan rings is 1. The molecule has 10 nitrogen and oxygen atoms in total. The van der Waals surface area contributed by atoms with Gasteiger partial charge < -0.3 is 20.4 Å². The van der Waals surface area contributed by atoms with E-state index in [1.165, 1.54) is 13.1 Å². The normalized spacial score (nSPS) is 11.8. The maximum Gasteiger partial charge on any atom is 0.287 e. The Balaban J connectivity index is 1.67. The average Bonchev–Trinajstić information content (AvgIpc) is 3.42. The standard InChI is InChI=1S/C23H28N6O4/c1-13(2)20(23(32)24-4)27-22(31)19-7-6-18(33-19)16-11-15(8-9-25-16)12-26-21(30)17-10-14(3)29(5)28-17/h6-11,13,20H,12H2,1-5H3,(H,24,32)(H,26,30)(H,27,31)/t20-/m0/s1. The minimum atomic E-state index is -0.677. The van der Waals surface area contributed by atoms with Gasteiger partial charge in [-0.1, -0.05) is 13.8 Å². The predicted octanol–water partition coefficient (Wildman–Crippen LogP) is 1.81. The maximum absolute atomic E-state index is 12.6. The Morgan fingerprint density at radius 1 is 1.12 bits per heavy atom. The molecule has 174 valence electrons. The van der Waals surface area contributed by atoms with E-state index in [0.29, 0.717) is 17.1 Å². The molecule has 0 spiro atoms. The van der Waals surface area contributed by atoms with Gasteiger partial charge in [0.15, 0.2) is 11.5 Å². The molecule has 3 aromatic rings. The molecule has 3 N–H and O–H groups in total. The lowest BCUT2D eigenvalue weighted by Crippen LogP contribution is -2.48. The fraction of sp³-hybridized carbons (Fsp3) is 0.348. The zero-order chi connectivity index (χ0) is 24.1. The van der Waals surface area contributed by atoms with Crippen molar-refractivity contribution in [3.8, 4) is 11.5 Å². The van der Waals surface area contributed by atoms with Crippen molar-refractivity contribution in [2.75, 3.05) is 7.05 Å². The highest BCUT2D eigenvalue weighted by atomic mass is 16.4. The van der Waals surface area contributed by atoms with Gasteiger partial charge in [-0.25, -0.2) is 0 Å². The lowest BCUT2D eigenvalue weighted by Gasteiger charge is -2.19. The summed E-state index contributed by atoms with van der Waals surface area (Å²) in [4.78, 5) is 41.2. The number of nitrogens with zero attached hydrogens (tertiary/aromatic N) is 3. The molecule has 0 fully saturated rings. The van der Waals surface area contributed by atoms with Crippen LogP contribution in [0.5, 0.6) is 0 Å². The number of rotatable bonds is 8. The molecular weight excluding hydrogens is 424 g/mol. The third kappa shape index (κ3) is 5.65. The quantitative estimate of drug-likeness (QED) is 0.478. The van der Waals surface area contributed by atoms with Crippen LogP contribution in [0.4, 0.5) is 0 Å². The maximum atomic E-state index is 12.6. The molecule has 0 aromatic carbocycles. The number of amides is 3. The van der Waals surface area contributed by atoms with Crippen LogP contribution in [-0.4, -0.2) is 45.6 Å². The minimum Gasteiger partial charge on any atom is -0.449 e. The molecule has 3 rings (SSSR count). The number of hydrogen-bond donors (Lipinski definition) is 3. The summed E-state index contributed by atoms with van der Waals surface area (Å²) in [7, 11) is 3.30. The van der Waals surface area contributed by atoms with Crippen molar-refractivity contribution < 1.29 is 18.8 Å². The minimum absolute atomic E-state index is 0.0746. The highest BCUT2D eigenvalue weighted by Gasteiger charge is 2.25. The van der Waals surface area contributed by atoms with Crippen molar-refractivity contribution in [1.82, 2.24) is 30.7 Å². The number of carbonyl (C=O) groups excluding carboxylic acids is 3. The molecule has 1 atom stereocenters. The molecule has 0 saturated heterocycles. The Morgan fingerprint density at radius 3 is 2.52 bits per heavy atom. The first-order valence-electron chi connectivity index (χ1n) is 10.6. The van der Waals surface area contributed by atoms with Gasteiger partial charge in [-0.3, -0.25) is 24.0 Å². The number of pyridine rings is 1. The highest BCUT2D eigenvalue weighted by molar-refractivity contribution is 5.96. The van der Waals surface area contributed by atoms with Crippen molar-refractivity contribution in [2.24, 2.45) is 13.0 Å². The van der Waals surface area contributed by atoms with E-state index in [0.717, 1.165) is 11.3 Å². The molecule has 3 amide bonds. The van der Waals surface area contributed by atoms with Crippen LogP contribution < -0.4 is 16.0 Å². The number of likely N-dealkylation sites (N-methyl/N-ethyl adjacent to an activating group) is 1. The second-order valence-corrected chi connectivity index (χ2v) is 8.00.